The first-order valence-corrected chi connectivity index (χ1v) is 6.95. The van der Waals surface area contributed by atoms with Crippen molar-refractivity contribution < 1.29 is 0 Å². The Hall–Kier alpha value is 0.797. The van der Waals surface area contributed by atoms with Gasteiger partial charge in [0.25, 0.3) is 0 Å². The fourth-order valence-corrected chi connectivity index (χ4v) is 2.00. The highest BCUT2D eigenvalue weighted by molar-refractivity contribution is 7.45. The van der Waals surface area contributed by atoms with E-state index in [-0.39, 0.29) is 0 Å². The predicted octanol–water partition coefficient (Wildman–Crippen LogP) is 2.76. The third-order valence-electron chi connectivity index (χ3n) is 0.563. The van der Waals surface area contributed by atoms with Gasteiger partial charge < -0.3 is 0 Å². The second kappa shape index (κ2) is 2.95. The smallest absolute Gasteiger partial charge is 0.146 e. The first kappa shape index (κ1) is 7.80. The molecule has 0 heterocycles. The number of hydrogen-bond acceptors (Lipinski definition) is 0. The van der Waals surface area contributed by atoms with E-state index >= 15 is 0 Å². The standard InChI is InChI=1S/C4H9Cl2Si/c1-3-4-7(2,5)6/h3H,4H2,1-2H3. The molecular weight excluding hydrogens is 147 g/mol. The van der Waals surface area contributed by atoms with Gasteiger partial charge in [-0.1, -0.05) is 6.92 Å². The molecule has 3 heteroatoms. The summed E-state index contributed by atoms with van der Waals surface area (Å²) in [5.41, 5.74) is 0. The molecule has 0 aliphatic carbocycles. The number of hydrogen-bond donors (Lipinski definition) is 0. The highest BCUT2D eigenvalue weighted by Gasteiger charge is 2.18. The van der Waals surface area contributed by atoms with Crippen molar-refractivity contribution >= 4 is 28.9 Å². The molecular formula is C4H9Cl2Si. The van der Waals surface area contributed by atoms with Crippen molar-refractivity contribution in [3.8, 4) is 0 Å². The molecule has 0 aromatic heterocycles. The molecule has 0 amide bonds. The Morgan fingerprint density at radius 2 is 2.00 bits per heavy atom. The summed E-state index contributed by atoms with van der Waals surface area (Å²) in [7, 11) is 0. The maximum atomic E-state index is 5.71. The van der Waals surface area contributed by atoms with Crippen molar-refractivity contribution in [3.63, 3.8) is 0 Å². The van der Waals surface area contributed by atoms with Gasteiger partial charge in [0.2, 0.25) is 6.69 Å². The third-order valence-corrected chi connectivity index (χ3v) is 2.61. The number of rotatable bonds is 2. The Labute approximate surface area is 55.2 Å². The zero-order chi connectivity index (χ0) is 5.91. The summed E-state index contributed by atoms with van der Waals surface area (Å²) in [5.74, 6) is 0. The van der Waals surface area contributed by atoms with E-state index in [0.29, 0.717) is 0 Å². The van der Waals surface area contributed by atoms with Crippen molar-refractivity contribution in [2.24, 2.45) is 0 Å². The second-order valence-corrected chi connectivity index (χ2v) is 9.82. The van der Waals surface area contributed by atoms with E-state index in [4.69, 9.17) is 22.2 Å². The molecule has 0 aliphatic rings. The van der Waals surface area contributed by atoms with Crippen LogP contribution in [0.4, 0.5) is 0 Å². The first-order valence-electron chi connectivity index (χ1n) is 2.22. The Morgan fingerprint density at radius 1 is 1.57 bits per heavy atom. The summed E-state index contributed by atoms with van der Waals surface area (Å²) < 4.78 is 0. The monoisotopic (exact) mass is 155 g/mol. The van der Waals surface area contributed by atoms with Crippen LogP contribution in [0.25, 0.3) is 0 Å². The van der Waals surface area contributed by atoms with Gasteiger partial charge in [0.1, 0.15) is 0 Å². The summed E-state index contributed by atoms with van der Waals surface area (Å²) in [6.45, 7) is 2.11. The van der Waals surface area contributed by atoms with Crippen LogP contribution in [0.3, 0.4) is 0 Å². The van der Waals surface area contributed by atoms with Gasteiger partial charge in [0, 0.05) is 0 Å². The molecule has 0 N–H and O–H groups in total. The van der Waals surface area contributed by atoms with Crippen LogP contribution in [0.1, 0.15) is 6.92 Å². The minimum atomic E-state index is -1.77. The predicted molar refractivity (Wildman–Crippen MR) is 38.1 cm³/mol. The zero-order valence-electron chi connectivity index (χ0n) is 4.54. The lowest BCUT2D eigenvalue weighted by molar-refractivity contribution is 1.37. The molecule has 0 aromatic carbocycles. The van der Waals surface area contributed by atoms with E-state index < -0.39 is 6.69 Å². The molecule has 0 fully saturated rings. The minimum Gasteiger partial charge on any atom is -0.146 e. The molecule has 0 rings (SSSR count). The normalized spacial score (nSPS) is 12.0. The molecule has 0 aromatic rings. The molecule has 7 heavy (non-hydrogen) atoms. The lowest BCUT2D eigenvalue weighted by Gasteiger charge is -2.04. The van der Waals surface area contributed by atoms with Crippen molar-refractivity contribution in [3.05, 3.63) is 6.42 Å². The fraction of sp³-hybridized carbons (Fsp3) is 0.750. The van der Waals surface area contributed by atoms with Gasteiger partial charge in [-0.05, 0) is 19.0 Å². The van der Waals surface area contributed by atoms with Crippen molar-refractivity contribution in [1.82, 2.24) is 0 Å². The average Bonchev–Trinajstić information content (AvgIpc) is 1.30. The Kier molecular flexibility index (Phi) is 3.29. The van der Waals surface area contributed by atoms with Gasteiger partial charge in [-0.3, -0.25) is 0 Å². The highest BCUT2D eigenvalue weighted by Crippen LogP contribution is 2.19. The third kappa shape index (κ3) is 6.80. The van der Waals surface area contributed by atoms with E-state index in [2.05, 4.69) is 0 Å². The first-order chi connectivity index (χ1) is 3.06. The second-order valence-electron chi connectivity index (χ2n) is 1.68. The molecule has 0 spiro atoms. The molecule has 0 unspecified atom stereocenters. The van der Waals surface area contributed by atoms with E-state index in [9.17, 15) is 0 Å². The Morgan fingerprint density at radius 3 is 2.00 bits per heavy atom. The molecule has 0 saturated heterocycles. The summed E-state index contributed by atoms with van der Waals surface area (Å²) in [6.07, 6.45) is 2.01. The highest BCUT2D eigenvalue weighted by atomic mass is 35.7. The van der Waals surface area contributed by atoms with Crippen molar-refractivity contribution in [1.29, 1.82) is 0 Å². The summed E-state index contributed by atoms with van der Waals surface area (Å²) >= 11 is 11.4. The van der Waals surface area contributed by atoms with E-state index in [0.717, 1.165) is 6.04 Å². The van der Waals surface area contributed by atoms with Crippen LogP contribution in [-0.4, -0.2) is 6.69 Å². The van der Waals surface area contributed by atoms with Crippen LogP contribution < -0.4 is 0 Å². The Bertz CT molecular complexity index is 48.1. The molecule has 0 bridgehead atoms. The quantitative estimate of drug-likeness (QED) is 0.426. The molecule has 0 nitrogen and oxygen atoms in total. The van der Waals surface area contributed by atoms with Crippen LogP contribution in [0, 0.1) is 6.42 Å². The summed E-state index contributed by atoms with van der Waals surface area (Å²) in [5, 5.41) is 0. The van der Waals surface area contributed by atoms with Crippen LogP contribution >= 0.6 is 22.2 Å². The van der Waals surface area contributed by atoms with Crippen molar-refractivity contribution in [2.75, 3.05) is 0 Å². The molecule has 43 valence electrons. The van der Waals surface area contributed by atoms with E-state index in [1.54, 1.807) is 0 Å². The average molecular weight is 156 g/mol. The van der Waals surface area contributed by atoms with Crippen LogP contribution in [0.5, 0.6) is 0 Å². The lowest BCUT2D eigenvalue weighted by Crippen LogP contribution is -2.10. The maximum absolute atomic E-state index is 5.71. The van der Waals surface area contributed by atoms with Gasteiger partial charge in [0.15, 0.2) is 0 Å². The van der Waals surface area contributed by atoms with E-state index in [1.165, 1.54) is 0 Å². The van der Waals surface area contributed by atoms with E-state index in [1.807, 2.05) is 19.9 Å². The maximum Gasteiger partial charge on any atom is 0.248 e. The fourth-order valence-electron chi connectivity index (χ4n) is 0.358. The largest absolute Gasteiger partial charge is 0.248 e. The molecule has 0 atom stereocenters. The van der Waals surface area contributed by atoms with Crippen molar-refractivity contribution in [2.45, 2.75) is 19.5 Å². The molecule has 0 saturated carbocycles. The van der Waals surface area contributed by atoms with Crippen LogP contribution in [0.15, 0.2) is 0 Å². The molecule has 1 radical (unpaired) electrons. The summed E-state index contributed by atoms with van der Waals surface area (Å²) in [6, 6.07) is 0.885. The SMILES string of the molecule is C[CH]C[Si](C)(Cl)Cl. The minimum absolute atomic E-state index is 0.885. The topological polar surface area (TPSA) is 0 Å². The van der Waals surface area contributed by atoms with Gasteiger partial charge in [-0.25, -0.2) is 0 Å². The van der Waals surface area contributed by atoms with Crippen LogP contribution in [-0.2, 0) is 0 Å². The van der Waals surface area contributed by atoms with Gasteiger partial charge >= 0.3 is 0 Å². The summed E-state index contributed by atoms with van der Waals surface area (Å²) in [4.78, 5) is 0. The lowest BCUT2D eigenvalue weighted by atomic mass is 10.6. The van der Waals surface area contributed by atoms with Gasteiger partial charge in [-0.15, -0.1) is 22.2 Å². The zero-order valence-corrected chi connectivity index (χ0v) is 7.05. The van der Waals surface area contributed by atoms with Gasteiger partial charge in [0.05, 0.1) is 0 Å². The van der Waals surface area contributed by atoms with Gasteiger partial charge in [-0.2, -0.15) is 0 Å². The Balaban J connectivity index is 3.15. The molecule has 0 aliphatic heterocycles. The van der Waals surface area contributed by atoms with Crippen LogP contribution in [0.2, 0.25) is 12.6 Å². The number of halogens is 2.